The molecule has 1 aromatic carbocycles. The first-order valence-corrected chi connectivity index (χ1v) is 9.74. The van der Waals surface area contributed by atoms with Crippen LogP contribution in [-0.4, -0.2) is 44.3 Å². The summed E-state index contributed by atoms with van der Waals surface area (Å²) >= 11 is 0. The van der Waals surface area contributed by atoms with Gasteiger partial charge in [0.1, 0.15) is 0 Å². The Labute approximate surface area is 143 Å². The van der Waals surface area contributed by atoms with Gasteiger partial charge in [-0.1, -0.05) is 13.8 Å². The molecular formula is C17H25N3O3S. The number of carbonyl (C=O) groups excluding carboxylic acids is 1. The molecule has 0 aliphatic carbocycles. The zero-order valence-electron chi connectivity index (χ0n) is 14.4. The summed E-state index contributed by atoms with van der Waals surface area (Å²) in [5.41, 5.74) is 7.61. The van der Waals surface area contributed by atoms with E-state index in [0.29, 0.717) is 37.4 Å². The maximum atomic E-state index is 13.0. The fraction of sp³-hybridized carbons (Fsp3) is 0.588. The number of anilines is 1. The first-order chi connectivity index (χ1) is 11.1. The third-order valence-electron chi connectivity index (χ3n) is 5.24. The first kappa shape index (κ1) is 17.4. The number of hydrogen-bond donors (Lipinski definition) is 1. The molecule has 0 bridgehead atoms. The van der Waals surface area contributed by atoms with Gasteiger partial charge >= 0.3 is 0 Å². The van der Waals surface area contributed by atoms with Crippen LogP contribution in [-0.2, 0) is 21.2 Å². The molecule has 1 unspecified atom stereocenters. The van der Waals surface area contributed by atoms with E-state index in [1.54, 1.807) is 23.1 Å². The van der Waals surface area contributed by atoms with E-state index in [9.17, 15) is 13.2 Å². The Hall–Kier alpha value is -1.44. The average molecular weight is 351 g/mol. The number of carbonyl (C=O) groups is 1. The molecule has 1 amide bonds. The summed E-state index contributed by atoms with van der Waals surface area (Å²) in [7, 11) is -3.54. The zero-order chi connectivity index (χ0) is 17.7. The van der Waals surface area contributed by atoms with Crippen molar-refractivity contribution in [1.29, 1.82) is 0 Å². The first-order valence-electron chi connectivity index (χ1n) is 8.30. The smallest absolute Gasteiger partial charge is 0.243 e. The van der Waals surface area contributed by atoms with Crippen LogP contribution in [0.1, 0.15) is 32.8 Å². The number of rotatable bonds is 2. The van der Waals surface area contributed by atoms with Gasteiger partial charge in [-0.15, -0.1) is 0 Å². The molecule has 3 rings (SSSR count). The number of fused-ring (bicyclic) bond motifs is 1. The Morgan fingerprint density at radius 1 is 1.29 bits per heavy atom. The van der Waals surface area contributed by atoms with Crippen molar-refractivity contribution < 1.29 is 13.2 Å². The fourth-order valence-corrected chi connectivity index (χ4v) is 5.22. The lowest BCUT2D eigenvalue weighted by atomic mass is 9.81. The van der Waals surface area contributed by atoms with E-state index >= 15 is 0 Å². The van der Waals surface area contributed by atoms with Crippen LogP contribution < -0.4 is 10.6 Å². The van der Waals surface area contributed by atoms with Gasteiger partial charge in [0.15, 0.2) is 0 Å². The molecule has 6 nitrogen and oxygen atoms in total. The number of benzene rings is 1. The Bertz CT molecular complexity index is 773. The van der Waals surface area contributed by atoms with Crippen molar-refractivity contribution in [3.8, 4) is 0 Å². The van der Waals surface area contributed by atoms with Gasteiger partial charge in [0.2, 0.25) is 15.9 Å². The Morgan fingerprint density at radius 3 is 2.62 bits per heavy atom. The summed E-state index contributed by atoms with van der Waals surface area (Å²) in [6.07, 6.45) is 1.35. The van der Waals surface area contributed by atoms with Gasteiger partial charge in [0.05, 0.1) is 4.90 Å². The molecule has 0 radical (unpaired) electrons. The van der Waals surface area contributed by atoms with E-state index < -0.39 is 10.0 Å². The van der Waals surface area contributed by atoms with E-state index in [2.05, 4.69) is 0 Å². The van der Waals surface area contributed by atoms with Crippen molar-refractivity contribution in [2.45, 2.75) is 44.6 Å². The van der Waals surface area contributed by atoms with Crippen LogP contribution >= 0.6 is 0 Å². The van der Waals surface area contributed by atoms with Crippen LogP contribution in [0.15, 0.2) is 23.1 Å². The van der Waals surface area contributed by atoms with Gasteiger partial charge < -0.3 is 10.6 Å². The molecule has 24 heavy (non-hydrogen) atoms. The number of hydrogen-bond acceptors (Lipinski definition) is 4. The molecule has 1 fully saturated rings. The van der Waals surface area contributed by atoms with Crippen molar-refractivity contribution in [3.63, 3.8) is 0 Å². The Morgan fingerprint density at radius 2 is 2.00 bits per heavy atom. The van der Waals surface area contributed by atoms with Gasteiger partial charge in [-0.25, -0.2) is 8.42 Å². The van der Waals surface area contributed by atoms with Crippen molar-refractivity contribution in [3.05, 3.63) is 23.8 Å². The van der Waals surface area contributed by atoms with Crippen LogP contribution in [0.25, 0.3) is 0 Å². The summed E-state index contributed by atoms with van der Waals surface area (Å²) in [5.74, 6) is -0.0175. The molecule has 132 valence electrons. The number of nitrogens with two attached hydrogens (primary N) is 1. The number of amides is 1. The molecular weight excluding hydrogens is 326 g/mol. The van der Waals surface area contributed by atoms with Crippen LogP contribution in [0.2, 0.25) is 0 Å². The van der Waals surface area contributed by atoms with Crippen molar-refractivity contribution in [1.82, 2.24) is 4.31 Å². The highest BCUT2D eigenvalue weighted by atomic mass is 32.2. The Kier molecular flexibility index (Phi) is 4.22. The minimum absolute atomic E-state index is 0.00750. The largest absolute Gasteiger partial charge is 0.327 e. The molecule has 1 atom stereocenters. The summed E-state index contributed by atoms with van der Waals surface area (Å²) in [6, 6.07) is 5.08. The normalized spacial score (nSPS) is 24.0. The van der Waals surface area contributed by atoms with E-state index in [-0.39, 0.29) is 17.4 Å². The molecule has 2 N–H and O–H groups in total. The molecule has 0 spiro atoms. The van der Waals surface area contributed by atoms with Crippen molar-refractivity contribution in [2.75, 3.05) is 24.5 Å². The standard InChI is InChI=1S/C17H25N3O3S/c1-12(21)20-9-6-13-10-14(4-5-15(13)20)24(22,23)19-8-7-16(18)17(2,3)11-19/h4-5,10,16H,6-9,11,18H2,1-3H3. The zero-order valence-corrected chi connectivity index (χ0v) is 15.3. The van der Waals surface area contributed by atoms with Crippen molar-refractivity contribution in [2.24, 2.45) is 11.1 Å². The van der Waals surface area contributed by atoms with E-state index in [1.807, 2.05) is 13.8 Å². The highest BCUT2D eigenvalue weighted by molar-refractivity contribution is 7.89. The molecule has 2 aliphatic heterocycles. The lowest BCUT2D eigenvalue weighted by molar-refractivity contribution is -0.116. The molecule has 0 saturated carbocycles. The topological polar surface area (TPSA) is 83.7 Å². The highest BCUT2D eigenvalue weighted by Crippen LogP contribution is 2.34. The maximum Gasteiger partial charge on any atom is 0.243 e. The summed E-state index contributed by atoms with van der Waals surface area (Å²) < 4.78 is 27.5. The molecule has 1 aromatic rings. The third kappa shape index (κ3) is 2.85. The minimum atomic E-state index is -3.54. The van der Waals surface area contributed by atoms with E-state index in [1.165, 1.54) is 11.2 Å². The maximum absolute atomic E-state index is 13.0. The van der Waals surface area contributed by atoms with E-state index in [4.69, 9.17) is 5.73 Å². The second-order valence-electron chi connectivity index (χ2n) is 7.43. The number of nitrogens with zero attached hydrogens (tertiary/aromatic N) is 2. The molecule has 2 heterocycles. The minimum Gasteiger partial charge on any atom is -0.327 e. The fourth-order valence-electron chi connectivity index (χ4n) is 3.54. The summed E-state index contributed by atoms with van der Waals surface area (Å²) in [5, 5.41) is 0. The lowest BCUT2D eigenvalue weighted by Crippen LogP contribution is -2.53. The molecule has 0 aromatic heterocycles. The Balaban J connectivity index is 1.90. The highest BCUT2D eigenvalue weighted by Gasteiger charge is 2.39. The van der Waals surface area contributed by atoms with Gasteiger partial charge in [-0.3, -0.25) is 4.79 Å². The monoisotopic (exact) mass is 351 g/mol. The van der Waals surface area contributed by atoms with Crippen LogP contribution in [0.4, 0.5) is 5.69 Å². The average Bonchev–Trinajstić information content (AvgIpc) is 2.93. The van der Waals surface area contributed by atoms with E-state index in [0.717, 1.165) is 11.3 Å². The second-order valence-corrected chi connectivity index (χ2v) is 9.37. The van der Waals surface area contributed by atoms with Crippen LogP contribution in [0.3, 0.4) is 0 Å². The van der Waals surface area contributed by atoms with Gasteiger partial charge in [0, 0.05) is 38.3 Å². The molecule has 2 aliphatic rings. The quantitative estimate of drug-likeness (QED) is 0.871. The summed E-state index contributed by atoms with van der Waals surface area (Å²) in [6.45, 7) is 7.02. The predicted octanol–water partition coefficient (Wildman–Crippen LogP) is 1.34. The van der Waals surface area contributed by atoms with Gasteiger partial charge in [0.25, 0.3) is 0 Å². The van der Waals surface area contributed by atoms with Gasteiger partial charge in [-0.05, 0) is 42.0 Å². The predicted molar refractivity (Wildman–Crippen MR) is 93.3 cm³/mol. The molecule has 1 saturated heterocycles. The SMILES string of the molecule is CC(=O)N1CCc2cc(S(=O)(=O)N3CCC(N)C(C)(C)C3)ccc21. The van der Waals surface area contributed by atoms with Crippen LogP contribution in [0, 0.1) is 5.41 Å². The second kappa shape index (κ2) is 5.82. The number of piperidine rings is 1. The van der Waals surface area contributed by atoms with Crippen molar-refractivity contribution >= 4 is 21.6 Å². The number of sulfonamides is 1. The lowest BCUT2D eigenvalue weighted by Gasteiger charge is -2.41. The van der Waals surface area contributed by atoms with Gasteiger partial charge in [-0.2, -0.15) is 4.31 Å². The summed E-state index contributed by atoms with van der Waals surface area (Å²) in [4.78, 5) is 13.6. The molecule has 7 heteroatoms. The van der Waals surface area contributed by atoms with Crippen LogP contribution in [0.5, 0.6) is 0 Å². The third-order valence-corrected chi connectivity index (χ3v) is 7.08.